The highest BCUT2D eigenvalue weighted by Gasteiger charge is 2.47. The maximum absolute atomic E-state index is 5.56. The standard InChI is InChI=1S/C25H24N2O2/c1-17-6-3-4-7-19(17)14-21-8-5-9-24(27-21)26-18(2)25(12-13-25)20-10-11-22-23(15-20)29-16-28-22/h3-11,15H,2,12-14,16H2,1H3,(H,26,27). The molecule has 4 heteroatoms. The van der Waals surface area contributed by atoms with Gasteiger partial charge in [-0.15, -0.1) is 0 Å². The Hall–Kier alpha value is -3.27. The molecule has 2 aromatic carbocycles. The molecule has 2 heterocycles. The van der Waals surface area contributed by atoms with Gasteiger partial charge in [0.1, 0.15) is 5.82 Å². The van der Waals surface area contributed by atoms with Gasteiger partial charge in [-0.2, -0.15) is 0 Å². The minimum absolute atomic E-state index is 0.0608. The van der Waals surface area contributed by atoms with E-state index < -0.39 is 0 Å². The largest absolute Gasteiger partial charge is 0.454 e. The monoisotopic (exact) mass is 384 g/mol. The number of aromatic nitrogens is 1. The van der Waals surface area contributed by atoms with Crippen molar-refractivity contribution in [3.8, 4) is 11.5 Å². The predicted molar refractivity (Wildman–Crippen MR) is 114 cm³/mol. The van der Waals surface area contributed by atoms with Gasteiger partial charge < -0.3 is 14.8 Å². The third kappa shape index (κ3) is 3.35. The average molecular weight is 384 g/mol. The van der Waals surface area contributed by atoms with Crippen molar-refractivity contribution in [2.24, 2.45) is 0 Å². The molecule has 1 aliphatic carbocycles. The number of hydrogen-bond acceptors (Lipinski definition) is 4. The van der Waals surface area contributed by atoms with Gasteiger partial charge in [-0.1, -0.05) is 43.0 Å². The van der Waals surface area contributed by atoms with Crippen molar-refractivity contribution in [3.63, 3.8) is 0 Å². The van der Waals surface area contributed by atoms with Gasteiger partial charge in [0.05, 0.1) is 0 Å². The third-order valence-electron chi connectivity index (χ3n) is 5.97. The lowest BCUT2D eigenvalue weighted by Crippen LogP contribution is -2.17. The molecule has 146 valence electrons. The van der Waals surface area contributed by atoms with Crippen LogP contribution in [0, 0.1) is 6.92 Å². The molecule has 29 heavy (non-hydrogen) atoms. The summed E-state index contributed by atoms with van der Waals surface area (Å²) in [6.45, 7) is 6.79. The molecular formula is C25H24N2O2. The second-order valence-electron chi connectivity index (χ2n) is 7.87. The van der Waals surface area contributed by atoms with Gasteiger partial charge >= 0.3 is 0 Å². The van der Waals surface area contributed by atoms with E-state index in [0.717, 1.165) is 48.0 Å². The molecular weight excluding hydrogens is 360 g/mol. The van der Waals surface area contributed by atoms with Gasteiger partial charge in [-0.25, -0.2) is 4.98 Å². The highest BCUT2D eigenvalue weighted by molar-refractivity contribution is 5.55. The van der Waals surface area contributed by atoms with Crippen LogP contribution in [0.2, 0.25) is 0 Å². The Kier molecular flexibility index (Phi) is 4.27. The number of ether oxygens (including phenoxy) is 2. The van der Waals surface area contributed by atoms with Gasteiger partial charge in [0, 0.05) is 23.2 Å². The molecule has 0 amide bonds. The molecule has 2 aliphatic rings. The number of pyridine rings is 1. The summed E-state index contributed by atoms with van der Waals surface area (Å²) < 4.78 is 11.0. The molecule has 0 unspecified atom stereocenters. The zero-order chi connectivity index (χ0) is 19.8. The summed E-state index contributed by atoms with van der Waals surface area (Å²) in [5.41, 5.74) is 5.78. The summed E-state index contributed by atoms with van der Waals surface area (Å²) in [6, 6.07) is 20.8. The minimum atomic E-state index is -0.0608. The SMILES string of the molecule is C=C(Nc1cccc(Cc2ccccc2C)n1)C1(c2ccc3c(c2)OCO3)CC1. The fourth-order valence-electron chi connectivity index (χ4n) is 4.01. The van der Waals surface area contributed by atoms with Gasteiger partial charge in [0.25, 0.3) is 0 Å². The van der Waals surface area contributed by atoms with Crippen LogP contribution >= 0.6 is 0 Å². The third-order valence-corrected chi connectivity index (χ3v) is 5.97. The molecule has 3 aromatic rings. The van der Waals surface area contributed by atoms with Crippen LogP contribution in [0.1, 0.15) is 35.2 Å². The van der Waals surface area contributed by atoms with Crippen molar-refractivity contribution < 1.29 is 9.47 Å². The zero-order valence-corrected chi connectivity index (χ0v) is 16.6. The Labute approximate surface area is 171 Å². The molecule has 0 saturated heterocycles. The molecule has 4 nitrogen and oxygen atoms in total. The minimum Gasteiger partial charge on any atom is -0.454 e. The second-order valence-corrected chi connectivity index (χ2v) is 7.87. The highest BCUT2D eigenvalue weighted by Crippen LogP contribution is 2.54. The predicted octanol–water partition coefficient (Wildman–Crippen LogP) is 5.37. The van der Waals surface area contributed by atoms with Crippen molar-refractivity contribution in [1.82, 2.24) is 4.98 Å². The molecule has 5 rings (SSSR count). The van der Waals surface area contributed by atoms with Crippen LogP contribution < -0.4 is 14.8 Å². The first-order valence-electron chi connectivity index (χ1n) is 10.0. The molecule has 0 atom stereocenters. The van der Waals surface area contributed by atoms with E-state index in [-0.39, 0.29) is 5.41 Å². The summed E-state index contributed by atoms with van der Waals surface area (Å²) in [4.78, 5) is 4.83. The van der Waals surface area contributed by atoms with Crippen LogP contribution in [-0.4, -0.2) is 11.8 Å². The number of allylic oxidation sites excluding steroid dienone is 1. The Bertz CT molecular complexity index is 1090. The second kappa shape index (κ2) is 6.96. The Balaban J connectivity index is 1.34. The first kappa shape index (κ1) is 17.8. The van der Waals surface area contributed by atoms with E-state index in [2.05, 4.69) is 67.4 Å². The average Bonchev–Trinajstić information content (AvgIpc) is 3.41. The fraction of sp³-hybridized carbons (Fsp3) is 0.240. The van der Waals surface area contributed by atoms with E-state index in [1.165, 1.54) is 16.7 Å². The molecule has 0 spiro atoms. The van der Waals surface area contributed by atoms with Crippen LogP contribution in [0.25, 0.3) is 0 Å². The molecule has 1 aromatic heterocycles. The molecule has 1 aliphatic heterocycles. The number of hydrogen-bond donors (Lipinski definition) is 1. The van der Waals surface area contributed by atoms with Crippen LogP contribution in [0.3, 0.4) is 0 Å². The molecule has 0 bridgehead atoms. The number of rotatable bonds is 6. The normalized spacial score (nSPS) is 15.8. The van der Waals surface area contributed by atoms with Crippen molar-refractivity contribution >= 4 is 5.82 Å². The van der Waals surface area contributed by atoms with Crippen LogP contribution in [0.4, 0.5) is 5.82 Å². The maximum Gasteiger partial charge on any atom is 0.231 e. The molecule has 0 radical (unpaired) electrons. The van der Waals surface area contributed by atoms with E-state index in [4.69, 9.17) is 14.5 Å². The van der Waals surface area contributed by atoms with Gasteiger partial charge in [-0.3, -0.25) is 0 Å². The number of aryl methyl sites for hydroxylation is 1. The van der Waals surface area contributed by atoms with Crippen molar-refractivity contribution in [2.45, 2.75) is 31.6 Å². The summed E-state index contributed by atoms with van der Waals surface area (Å²) in [6.07, 6.45) is 2.96. The fourth-order valence-corrected chi connectivity index (χ4v) is 4.01. The Morgan fingerprint density at radius 1 is 1.03 bits per heavy atom. The van der Waals surface area contributed by atoms with Gasteiger partial charge in [0.15, 0.2) is 11.5 Å². The molecule has 1 fully saturated rings. The zero-order valence-electron chi connectivity index (χ0n) is 16.6. The van der Waals surface area contributed by atoms with Gasteiger partial charge in [0.2, 0.25) is 6.79 Å². The Morgan fingerprint density at radius 3 is 2.69 bits per heavy atom. The van der Waals surface area contributed by atoms with Crippen LogP contribution in [0.5, 0.6) is 11.5 Å². The van der Waals surface area contributed by atoms with Crippen LogP contribution in [0.15, 0.2) is 72.9 Å². The first-order chi connectivity index (χ1) is 14.1. The Morgan fingerprint density at radius 2 is 1.86 bits per heavy atom. The lowest BCUT2D eigenvalue weighted by atomic mass is 9.92. The van der Waals surface area contributed by atoms with E-state index in [1.807, 2.05) is 12.1 Å². The van der Waals surface area contributed by atoms with E-state index in [9.17, 15) is 0 Å². The lowest BCUT2D eigenvalue weighted by molar-refractivity contribution is 0.174. The quantitative estimate of drug-likeness (QED) is 0.621. The summed E-state index contributed by atoms with van der Waals surface area (Å²) in [7, 11) is 0. The molecule has 1 saturated carbocycles. The highest BCUT2D eigenvalue weighted by atomic mass is 16.7. The van der Waals surface area contributed by atoms with E-state index >= 15 is 0 Å². The summed E-state index contributed by atoms with van der Waals surface area (Å²) in [5, 5.41) is 3.47. The van der Waals surface area contributed by atoms with Gasteiger partial charge in [-0.05, 0) is 60.7 Å². The van der Waals surface area contributed by atoms with Crippen molar-refractivity contribution in [3.05, 3.63) is 95.3 Å². The van der Waals surface area contributed by atoms with Crippen molar-refractivity contribution in [1.29, 1.82) is 0 Å². The first-order valence-corrected chi connectivity index (χ1v) is 10.0. The van der Waals surface area contributed by atoms with Crippen molar-refractivity contribution in [2.75, 3.05) is 12.1 Å². The lowest BCUT2D eigenvalue weighted by Gasteiger charge is -2.21. The van der Waals surface area contributed by atoms with Crippen LogP contribution in [-0.2, 0) is 11.8 Å². The summed E-state index contributed by atoms with van der Waals surface area (Å²) >= 11 is 0. The van der Waals surface area contributed by atoms with E-state index in [1.54, 1.807) is 0 Å². The number of nitrogens with zero attached hydrogens (tertiary/aromatic N) is 1. The number of anilines is 1. The topological polar surface area (TPSA) is 43.4 Å². The smallest absolute Gasteiger partial charge is 0.231 e. The molecule has 1 N–H and O–H groups in total. The number of fused-ring (bicyclic) bond motifs is 1. The number of benzene rings is 2. The van der Waals surface area contributed by atoms with E-state index in [0.29, 0.717) is 6.79 Å². The maximum atomic E-state index is 5.56. The summed E-state index contributed by atoms with van der Waals surface area (Å²) in [5.74, 6) is 2.47. The number of nitrogens with one attached hydrogen (secondary N) is 1.